The van der Waals surface area contributed by atoms with Crippen LogP contribution < -0.4 is 4.90 Å². The van der Waals surface area contributed by atoms with Crippen molar-refractivity contribution in [3.63, 3.8) is 0 Å². The molecule has 1 aromatic rings. The first-order valence-corrected chi connectivity index (χ1v) is 4.60. The fourth-order valence-electron chi connectivity index (χ4n) is 1.33. The van der Waals surface area contributed by atoms with E-state index in [1.54, 1.807) is 6.07 Å². The number of rotatable bonds is 4. The Bertz CT molecular complexity index is 330. The molecule has 0 saturated heterocycles. The van der Waals surface area contributed by atoms with Crippen molar-refractivity contribution in [1.82, 2.24) is 0 Å². The second-order valence-electron chi connectivity index (χ2n) is 3.13. The van der Waals surface area contributed by atoms with E-state index in [9.17, 15) is 0 Å². The number of aliphatic hydroxyl groups is 1. The summed E-state index contributed by atoms with van der Waals surface area (Å²) in [4.78, 5) is 1.98. The fraction of sp³-hybridized carbons (Fsp3) is 0.364. The molecule has 0 spiro atoms. The summed E-state index contributed by atoms with van der Waals surface area (Å²) < 4.78 is 0. The summed E-state index contributed by atoms with van der Waals surface area (Å²) in [6.45, 7) is 0.939. The molecule has 0 fully saturated rings. The molecule has 0 atom stereocenters. The van der Waals surface area contributed by atoms with Crippen LogP contribution in [0.2, 0.25) is 0 Å². The number of aliphatic hydroxyl groups excluding tert-OH is 1. The molecule has 0 unspecified atom stereocenters. The first-order chi connectivity index (χ1) is 6.79. The van der Waals surface area contributed by atoms with Gasteiger partial charge in [0, 0.05) is 20.2 Å². The van der Waals surface area contributed by atoms with Gasteiger partial charge >= 0.3 is 0 Å². The van der Waals surface area contributed by atoms with Crippen molar-refractivity contribution < 1.29 is 5.11 Å². The van der Waals surface area contributed by atoms with Crippen molar-refractivity contribution in [3.8, 4) is 6.07 Å². The van der Waals surface area contributed by atoms with Crippen LogP contribution in [-0.4, -0.2) is 25.3 Å². The third kappa shape index (κ3) is 2.48. The Morgan fingerprint density at radius 3 is 2.79 bits per heavy atom. The second kappa shape index (κ2) is 5.25. The second-order valence-corrected chi connectivity index (χ2v) is 3.13. The Morgan fingerprint density at radius 1 is 1.43 bits per heavy atom. The molecule has 74 valence electrons. The summed E-state index contributed by atoms with van der Waals surface area (Å²) >= 11 is 0. The molecule has 0 aromatic heterocycles. The van der Waals surface area contributed by atoms with E-state index in [2.05, 4.69) is 6.07 Å². The van der Waals surface area contributed by atoms with Crippen molar-refractivity contribution in [2.75, 3.05) is 25.1 Å². The van der Waals surface area contributed by atoms with E-state index in [4.69, 9.17) is 10.4 Å². The molecule has 14 heavy (non-hydrogen) atoms. The largest absolute Gasteiger partial charge is 0.396 e. The third-order valence-electron chi connectivity index (χ3n) is 2.09. The zero-order valence-electron chi connectivity index (χ0n) is 8.27. The molecule has 0 radical (unpaired) electrons. The number of nitrogens with zero attached hydrogens (tertiary/aromatic N) is 2. The maximum atomic E-state index is 8.87. The van der Waals surface area contributed by atoms with E-state index in [-0.39, 0.29) is 6.61 Å². The third-order valence-corrected chi connectivity index (χ3v) is 2.09. The predicted octanol–water partition coefficient (Wildman–Crippen LogP) is 1.38. The monoisotopic (exact) mass is 190 g/mol. The van der Waals surface area contributed by atoms with E-state index in [1.807, 2.05) is 30.1 Å². The minimum absolute atomic E-state index is 0.180. The molecule has 0 saturated carbocycles. The van der Waals surface area contributed by atoms with Crippen molar-refractivity contribution in [2.24, 2.45) is 0 Å². The van der Waals surface area contributed by atoms with Crippen LogP contribution in [0.3, 0.4) is 0 Å². The van der Waals surface area contributed by atoms with Gasteiger partial charge in [-0.1, -0.05) is 12.1 Å². The SMILES string of the molecule is CN(CCCO)c1ccccc1C#N. The van der Waals surface area contributed by atoms with Crippen molar-refractivity contribution >= 4 is 5.69 Å². The van der Waals surface area contributed by atoms with Gasteiger partial charge in [-0.2, -0.15) is 5.26 Å². The van der Waals surface area contributed by atoms with Gasteiger partial charge in [0.1, 0.15) is 6.07 Å². The summed E-state index contributed by atoms with van der Waals surface area (Å²) in [6, 6.07) is 9.62. The van der Waals surface area contributed by atoms with Gasteiger partial charge in [0.2, 0.25) is 0 Å². The zero-order valence-corrected chi connectivity index (χ0v) is 8.27. The quantitative estimate of drug-likeness (QED) is 0.780. The van der Waals surface area contributed by atoms with Crippen molar-refractivity contribution in [3.05, 3.63) is 29.8 Å². The van der Waals surface area contributed by atoms with Gasteiger partial charge in [-0.05, 0) is 18.6 Å². The molecule has 1 rings (SSSR count). The highest BCUT2D eigenvalue weighted by Gasteiger charge is 2.04. The lowest BCUT2D eigenvalue weighted by atomic mass is 10.2. The molecular weight excluding hydrogens is 176 g/mol. The summed E-state index contributed by atoms with van der Waals surface area (Å²) in [6.07, 6.45) is 0.719. The van der Waals surface area contributed by atoms with Gasteiger partial charge in [0.25, 0.3) is 0 Å². The number of para-hydroxylation sites is 1. The van der Waals surface area contributed by atoms with E-state index >= 15 is 0 Å². The normalized spacial score (nSPS) is 9.50. The first-order valence-electron chi connectivity index (χ1n) is 4.60. The predicted molar refractivity (Wildman–Crippen MR) is 56.1 cm³/mol. The number of anilines is 1. The highest BCUT2D eigenvalue weighted by molar-refractivity contribution is 5.58. The van der Waals surface area contributed by atoms with Gasteiger partial charge in [-0.15, -0.1) is 0 Å². The fourth-order valence-corrected chi connectivity index (χ4v) is 1.33. The average Bonchev–Trinajstić information content (AvgIpc) is 2.25. The maximum Gasteiger partial charge on any atom is 0.101 e. The van der Waals surface area contributed by atoms with Crippen LogP contribution in [-0.2, 0) is 0 Å². The Hall–Kier alpha value is -1.53. The van der Waals surface area contributed by atoms with E-state index in [1.165, 1.54) is 0 Å². The number of hydrogen-bond acceptors (Lipinski definition) is 3. The van der Waals surface area contributed by atoms with Gasteiger partial charge in [0.05, 0.1) is 11.3 Å². The number of benzene rings is 1. The number of hydrogen-bond donors (Lipinski definition) is 1. The Balaban J connectivity index is 2.79. The number of nitriles is 1. The molecule has 0 heterocycles. The molecule has 0 aliphatic rings. The van der Waals surface area contributed by atoms with Gasteiger partial charge in [-0.3, -0.25) is 0 Å². The lowest BCUT2D eigenvalue weighted by Gasteiger charge is -2.19. The van der Waals surface area contributed by atoms with Crippen LogP contribution in [0.4, 0.5) is 5.69 Å². The molecule has 0 amide bonds. The van der Waals surface area contributed by atoms with Gasteiger partial charge in [-0.25, -0.2) is 0 Å². The van der Waals surface area contributed by atoms with Crippen LogP contribution >= 0.6 is 0 Å². The zero-order chi connectivity index (χ0) is 10.4. The topological polar surface area (TPSA) is 47.3 Å². The van der Waals surface area contributed by atoms with Crippen LogP contribution in [0, 0.1) is 11.3 Å². The van der Waals surface area contributed by atoms with E-state index < -0.39 is 0 Å². The van der Waals surface area contributed by atoms with Crippen LogP contribution in [0.25, 0.3) is 0 Å². The molecule has 0 bridgehead atoms. The standard InChI is InChI=1S/C11H14N2O/c1-13(7-4-8-14)11-6-3-2-5-10(11)9-12/h2-3,5-6,14H,4,7-8H2,1H3. The van der Waals surface area contributed by atoms with E-state index in [0.717, 1.165) is 18.7 Å². The Morgan fingerprint density at radius 2 is 2.14 bits per heavy atom. The summed E-state index contributed by atoms with van der Waals surface area (Å²) in [5.41, 5.74) is 1.59. The minimum Gasteiger partial charge on any atom is -0.396 e. The van der Waals surface area contributed by atoms with Crippen LogP contribution in [0.5, 0.6) is 0 Å². The Labute approximate surface area is 84.2 Å². The van der Waals surface area contributed by atoms with Crippen LogP contribution in [0.1, 0.15) is 12.0 Å². The van der Waals surface area contributed by atoms with E-state index in [0.29, 0.717) is 5.56 Å². The molecule has 0 aliphatic carbocycles. The smallest absolute Gasteiger partial charge is 0.101 e. The Kier molecular flexibility index (Phi) is 3.96. The molecule has 1 N–H and O–H groups in total. The van der Waals surface area contributed by atoms with Gasteiger partial charge in [0.15, 0.2) is 0 Å². The van der Waals surface area contributed by atoms with Crippen molar-refractivity contribution in [2.45, 2.75) is 6.42 Å². The highest BCUT2D eigenvalue weighted by Crippen LogP contribution is 2.17. The van der Waals surface area contributed by atoms with Crippen LogP contribution in [0.15, 0.2) is 24.3 Å². The molecular formula is C11H14N2O. The summed E-state index contributed by atoms with van der Waals surface area (Å²) in [5, 5.41) is 17.6. The highest BCUT2D eigenvalue weighted by atomic mass is 16.3. The lowest BCUT2D eigenvalue weighted by Crippen LogP contribution is -2.20. The molecule has 1 aromatic carbocycles. The maximum absolute atomic E-state index is 8.87. The molecule has 0 aliphatic heterocycles. The minimum atomic E-state index is 0.180. The summed E-state index contributed by atoms with van der Waals surface area (Å²) in [7, 11) is 1.92. The average molecular weight is 190 g/mol. The molecule has 3 heteroatoms. The first kappa shape index (κ1) is 10.6. The lowest BCUT2D eigenvalue weighted by molar-refractivity contribution is 0.290. The van der Waals surface area contributed by atoms with Crippen molar-refractivity contribution in [1.29, 1.82) is 5.26 Å². The summed E-state index contributed by atoms with van der Waals surface area (Å²) in [5.74, 6) is 0. The van der Waals surface area contributed by atoms with Gasteiger partial charge < -0.3 is 10.0 Å². The molecule has 3 nitrogen and oxygen atoms in total.